The van der Waals surface area contributed by atoms with Gasteiger partial charge in [-0.1, -0.05) is 59.2 Å². The number of nitrogens with one attached hydrogen (secondary N) is 1. The molecule has 0 bridgehead atoms. The van der Waals surface area contributed by atoms with Gasteiger partial charge in [0.15, 0.2) is 0 Å². The summed E-state index contributed by atoms with van der Waals surface area (Å²) in [7, 11) is 0. The van der Waals surface area contributed by atoms with Crippen LogP contribution in [0.4, 0.5) is 11.6 Å². The van der Waals surface area contributed by atoms with Crippen LogP contribution in [0.1, 0.15) is 77.0 Å². The Hall–Kier alpha value is -2.82. The molecule has 1 aromatic heterocycles. The first-order valence-electron chi connectivity index (χ1n) is 12.3. The summed E-state index contributed by atoms with van der Waals surface area (Å²) in [4.78, 5) is 16.2. The first-order chi connectivity index (χ1) is 15.7. The Morgan fingerprint density at radius 2 is 1.85 bits per heavy atom. The highest BCUT2D eigenvalue weighted by Gasteiger charge is 2.34. The van der Waals surface area contributed by atoms with E-state index in [0.717, 1.165) is 34.7 Å². The van der Waals surface area contributed by atoms with E-state index in [9.17, 15) is 9.90 Å². The molecule has 0 radical (unpaired) electrons. The van der Waals surface area contributed by atoms with Crippen LogP contribution >= 0.6 is 0 Å². The van der Waals surface area contributed by atoms with Crippen LogP contribution in [0.2, 0.25) is 0 Å². The fourth-order valence-electron chi connectivity index (χ4n) is 5.38. The van der Waals surface area contributed by atoms with Crippen LogP contribution in [0.5, 0.6) is 0 Å². The van der Waals surface area contributed by atoms with Crippen molar-refractivity contribution in [1.82, 2.24) is 9.55 Å². The van der Waals surface area contributed by atoms with Gasteiger partial charge in [0, 0.05) is 11.7 Å². The average molecular weight is 448 g/mol. The van der Waals surface area contributed by atoms with Crippen molar-refractivity contribution >= 4 is 28.6 Å². The standard InChI is InChI=1S/C28H37N3O2/c1-17(2)21-8-10-22(11-9-21)29-28-30-24-15-20(16-27(32)33)7-13-25(24)31(28)26-14-19(5)6-12-23(26)18(3)4/h7-11,13,15,17-19,23,26H,6,12,14,16H2,1-5H3,(H,29,30)(H,32,33)/t19-,23+,26-/m1/s1. The topological polar surface area (TPSA) is 67.2 Å². The van der Waals surface area contributed by atoms with E-state index >= 15 is 0 Å². The van der Waals surface area contributed by atoms with Gasteiger partial charge in [-0.25, -0.2) is 4.98 Å². The van der Waals surface area contributed by atoms with Crippen LogP contribution in [-0.2, 0) is 11.2 Å². The number of benzene rings is 2. The minimum absolute atomic E-state index is 0.0112. The molecule has 3 atom stereocenters. The summed E-state index contributed by atoms with van der Waals surface area (Å²) in [6.45, 7) is 11.4. The molecule has 0 aliphatic heterocycles. The first kappa shape index (κ1) is 23.3. The zero-order valence-corrected chi connectivity index (χ0v) is 20.5. The van der Waals surface area contributed by atoms with Crippen LogP contribution in [0, 0.1) is 17.8 Å². The molecule has 4 rings (SSSR count). The van der Waals surface area contributed by atoms with Gasteiger partial charge in [0.1, 0.15) is 0 Å². The van der Waals surface area contributed by atoms with Gasteiger partial charge in [-0.05, 0) is 71.9 Å². The third-order valence-electron chi connectivity index (χ3n) is 7.26. The lowest BCUT2D eigenvalue weighted by molar-refractivity contribution is -0.136. The second-order valence-corrected chi connectivity index (χ2v) is 10.5. The van der Waals surface area contributed by atoms with Crippen molar-refractivity contribution in [2.24, 2.45) is 17.8 Å². The van der Waals surface area contributed by atoms with E-state index < -0.39 is 5.97 Å². The number of carboxylic acids is 1. The number of hydrogen-bond acceptors (Lipinski definition) is 3. The molecule has 1 aliphatic rings. The van der Waals surface area contributed by atoms with Crippen LogP contribution in [-0.4, -0.2) is 20.6 Å². The molecule has 0 spiro atoms. The van der Waals surface area contributed by atoms with E-state index in [0.29, 0.717) is 29.7 Å². The zero-order chi connectivity index (χ0) is 23.7. The lowest BCUT2D eigenvalue weighted by atomic mass is 9.74. The summed E-state index contributed by atoms with van der Waals surface area (Å²) in [6, 6.07) is 14.9. The largest absolute Gasteiger partial charge is 0.481 e. The molecular formula is C28H37N3O2. The minimum Gasteiger partial charge on any atom is -0.481 e. The van der Waals surface area contributed by atoms with E-state index in [-0.39, 0.29) is 6.42 Å². The molecule has 1 fully saturated rings. The first-order valence-corrected chi connectivity index (χ1v) is 12.3. The molecule has 0 amide bonds. The van der Waals surface area contributed by atoms with Gasteiger partial charge in [-0.2, -0.15) is 0 Å². The van der Waals surface area contributed by atoms with Crippen molar-refractivity contribution in [3.63, 3.8) is 0 Å². The molecule has 33 heavy (non-hydrogen) atoms. The minimum atomic E-state index is -0.821. The van der Waals surface area contributed by atoms with Crippen molar-refractivity contribution in [3.8, 4) is 0 Å². The van der Waals surface area contributed by atoms with E-state index in [1.807, 2.05) is 12.1 Å². The van der Waals surface area contributed by atoms with Gasteiger partial charge in [-0.3, -0.25) is 4.79 Å². The SMILES string of the molecule is CC(C)c1ccc(Nc2nc3cc(CC(=O)O)ccc3n2[C@@H]2C[C@H](C)CC[C@H]2C(C)C)cc1. The Balaban J connectivity index is 1.80. The fraction of sp³-hybridized carbons (Fsp3) is 0.500. The monoisotopic (exact) mass is 447 g/mol. The van der Waals surface area contributed by atoms with Gasteiger partial charge in [0.05, 0.1) is 17.5 Å². The molecule has 1 heterocycles. The fourth-order valence-corrected chi connectivity index (χ4v) is 5.38. The van der Waals surface area contributed by atoms with Crippen molar-refractivity contribution in [2.75, 3.05) is 5.32 Å². The number of imidazole rings is 1. The molecule has 0 unspecified atom stereocenters. The number of nitrogens with zero attached hydrogens (tertiary/aromatic N) is 2. The highest BCUT2D eigenvalue weighted by atomic mass is 16.4. The van der Waals surface area contributed by atoms with Gasteiger partial charge in [-0.15, -0.1) is 0 Å². The summed E-state index contributed by atoms with van der Waals surface area (Å²) in [6.07, 6.45) is 3.64. The lowest BCUT2D eigenvalue weighted by Gasteiger charge is -2.39. The third-order valence-corrected chi connectivity index (χ3v) is 7.26. The molecule has 0 saturated heterocycles. The van der Waals surface area contributed by atoms with Crippen LogP contribution in [0.15, 0.2) is 42.5 Å². The highest BCUT2D eigenvalue weighted by molar-refractivity contribution is 5.82. The number of rotatable bonds is 7. The van der Waals surface area contributed by atoms with E-state index in [1.54, 1.807) is 0 Å². The van der Waals surface area contributed by atoms with Crippen molar-refractivity contribution in [3.05, 3.63) is 53.6 Å². The Kier molecular flexibility index (Phi) is 6.78. The predicted octanol–water partition coefficient (Wildman–Crippen LogP) is 7.16. The average Bonchev–Trinajstić information content (AvgIpc) is 3.10. The number of carbonyl (C=O) groups is 1. The van der Waals surface area contributed by atoms with Crippen LogP contribution in [0.25, 0.3) is 11.0 Å². The van der Waals surface area contributed by atoms with Crippen LogP contribution < -0.4 is 5.32 Å². The van der Waals surface area contributed by atoms with E-state index in [2.05, 4.69) is 74.8 Å². The van der Waals surface area contributed by atoms with Crippen molar-refractivity contribution in [2.45, 2.75) is 72.3 Å². The summed E-state index contributed by atoms with van der Waals surface area (Å²) >= 11 is 0. The van der Waals surface area contributed by atoms with E-state index in [1.165, 1.54) is 18.4 Å². The number of aromatic nitrogens is 2. The quantitative estimate of drug-likeness (QED) is 0.403. The number of aliphatic carboxylic acids is 1. The van der Waals surface area contributed by atoms with Gasteiger partial charge >= 0.3 is 5.97 Å². The number of fused-ring (bicyclic) bond motifs is 1. The number of carboxylic acid groups (broad SMARTS) is 1. The van der Waals surface area contributed by atoms with Crippen molar-refractivity contribution < 1.29 is 9.90 Å². The summed E-state index contributed by atoms with van der Waals surface area (Å²) in [5.74, 6) is 2.36. The van der Waals surface area contributed by atoms with Crippen LogP contribution in [0.3, 0.4) is 0 Å². The number of anilines is 2. The third kappa shape index (κ3) is 5.07. The molecule has 5 nitrogen and oxygen atoms in total. The van der Waals surface area contributed by atoms with E-state index in [4.69, 9.17) is 4.98 Å². The molecular weight excluding hydrogens is 410 g/mol. The second-order valence-electron chi connectivity index (χ2n) is 10.5. The Morgan fingerprint density at radius 3 is 2.48 bits per heavy atom. The maximum Gasteiger partial charge on any atom is 0.307 e. The summed E-state index contributed by atoms with van der Waals surface area (Å²) in [5, 5.41) is 12.8. The molecule has 2 aromatic carbocycles. The predicted molar refractivity (Wildman–Crippen MR) is 135 cm³/mol. The molecule has 1 aliphatic carbocycles. The second kappa shape index (κ2) is 9.58. The normalized spacial score (nSPS) is 21.1. The van der Waals surface area contributed by atoms with Gasteiger partial charge < -0.3 is 15.0 Å². The summed E-state index contributed by atoms with van der Waals surface area (Å²) < 4.78 is 2.40. The molecule has 5 heteroatoms. The zero-order valence-electron chi connectivity index (χ0n) is 20.5. The molecule has 176 valence electrons. The molecule has 3 aromatic rings. The maximum absolute atomic E-state index is 11.3. The molecule has 1 saturated carbocycles. The Labute approximate surface area is 197 Å². The molecule has 2 N–H and O–H groups in total. The Bertz CT molecular complexity index is 1110. The highest BCUT2D eigenvalue weighted by Crippen LogP contribution is 2.44. The lowest BCUT2D eigenvalue weighted by Crippen LogP contribution is -2.30. The maximum atomic E-state index is 11.3. The smallest absolute Gasteiger partial charge is 0.307 e. The van der Waals surface area contributed by atoms with Gasteiger partial charge in [0.2, 0.25) is 5.95 Å². The van der Waals surface area contributed by atoms with Gasteiger partial charge in [0.25, 0.3) is 0 Å². The summed E-state index contributed by atoms with van der Waals surface area (Å²) in [5.41, 5.74) is 5.05. The Morgan fingerprint density at radius 1 is 1.12 bits per heavy atom. The number of hydrogen-bond donors (Lipinski definition) is 2. The van der Waals surface area contributed by atoms with Crippen molar-refractivity contribution in [1.29, 1.82) is 0 Å².